The first-order valence-electron chi connectivity index (χ1n) is 4.51. The van der Waals surface area contributed by atoms with E-state index in [1.165, 1.54) is 0 Å². The highest BCUT2D eigenvalue weighted by Crippen LogP contribution is 2.28. The van der Waals surface area contributed by atoms with Crippen LogP contribution in [-0.4, -0.2) is 36.1 Å². The first-order valence-corrected chi connectivity index (χ1v) is 5.30. The molecule has 0 radical (unpaired) electrons. The van der Waals surface area contributed by atoms with Gasteiger partial charge in [-0.25, -0.2) is 0 Å². The summed E-state index contributed by atoms with van der Waals surface area (Å²) < 4.78 is 0.923. The van der Waals surface area contributed by atoms with Gasteiger partial charge in [-0.2, -0.15) is 0 Å². The van der Waals surface area contributed by atoms with E-state index >= 15 is 0 Å². The summed E-state index contributed by atoms with van der Waals surface area (Å²) in [6.45, 7) is 2.13. The monoisotopic (exact) mass is 256 g/mol. The van der Waals surface area contributed by atoms with Crippen molar-refractivity contribution in [2.45, 2.75) is 6.04 Å². The van der Waals surface area contributed by atoms with E-state index in [0.29, 0.717) is 11.7 Å². The maximum atomic E-state index is 5.81. The number of aromatic nitrogens is 1. The highest BCUT2D eigenvalue weighted by molar-refractivity contribution is 9.10. The number of hydrogen-bond acceptors (Lipinski definition) is 4. The number of nitrogens with one attached hydrogen (secondary N) is 1. The van der Waals surface area contributed by atoms with Crippen molar-refractivity contribution in [1.82, 2.24) is 9.88 Å². The second-order valence-corrected chi connectivity index (χ2v) is 4.50. The maximum absolute atomic E-state index is 5.81. The van der Waals surface area contributed by atoms with Gasteiger partial charge < -0.3 is 16.0 Å². The lowest BCUT2D eigenvalue weighted by molar-refractivity contribution is 0.205. The highest BCUT2D eigenvalue weighted by Gasteiger charge is 2.23. The number of rotatable bonds is 2. The zero-order valence-corrected chi connectivity index (χ0v) is 9.58. The average Bonchev–Trinajstić information content (AvgIpc) is 2.08. The number of halogens is 1. The second-order valence-electron chi connectivity index (χ2n) is 3.65. The van der Waals surface area contributed by atoms with Gasteiger partial charge in [-0.15, -0.1) is 0 Å². The molecule has 0 amide bonds. The molecule has 0 aromatic carbocycles. The van der Waals surface area contributed by atoms with Crippen LogP contribution in [-0.2, 0) is 0 Å². The molecule has 1 aliphatic heterocycles. The zero-order chi connectivity index (χ0) is 10.1. The van der Waals surface area contributed by atoms with Crippen LogP contribution >= 0.6 is 15.9 Å². The highest BCUT2D eigenvalue weighted by atomic mass is 79.9. The fraction of sp³-hybridized carbons (Fsp3) is 0.444. The molecule has 4 nitrogen and oxygen atoms in total. The van der Waals surface area contributed by atoms with Crippen LogP contribution in [0.5, 0.6) is 0 Å². The Kier molecular flexibility index (Phi) is 2.60. The maximum Gasteiger partial charge on any atom is 0.0753 e. The van der Waals surface area contributed by atoms with Gasteiger partial charge in [0.15, 0.2) is 0 Å². The molecule has 14 heavy (non-hydrogen) atoms. The summed E-state index contributed by atoms with van der Waals surface area (Å²) in [6, 6.07) is 0.501. The lowest BCUT2D eigenvalue weighted by Gasteiger charge is -2.37. The van der Waals surface area contributed by atoms with Crippen molar-refractivity contribution in [1.29, 1.82) is 0 Å². The molecule has 1 aliphatic rings. The molecule has 0 unspecified atom stereocenters. The number of likely N-dealkylation sites (N-methyl/N-ethyl adjacent to an activating group) is 1. The van der Waals surface area contributed by atoms with E-state index in [0.717, 1.165) is 23.2 Å². The van der Waals surface area contributed by atoms with Gasteiger partial charge in [-0.05, 0) is 23.0 Å². The Morgan fingerprint density at radius 3 is 2.86 bits per heavy atom. The molecule has 1 fully saturated rings. The normalized spacial score (nSPS) is 17.9. The molecule has 1 aromatic heterocycles. The Bertz CT molecular complexity index is 315. The fourth-order valence-electron chi connectivity index (χ4n) is 1.60. The minimum Gasteiger partial charge on any atom is -0.396 e. The molecule has 1 aromatic rings. The van der Waals surface area contributed by atoms with E-state index in [2.05, 4.69) is 38.2 Å². The fourth-order valence-corrected chi connectivity index (χ4v) is 2.06. The van der Waals surface area contributed by atoms with Crippen LogP contribution in [0.1, 0.15) is 0 Å². The number of likely N-dealkylation sites (tertiary alicyclic amines) is 1. The smallest absolute Gasteiger partial charge is 0.0753 e. The summed E-state index contributed by atoms with van der Waals surface area (Å²) >= 11 is 3.43. The van der Waals surface area contributed by atoms with Gasteiger partial charge in [0.2, 0.25) is 0 Å². The van der Waals surface area contributed by atoms with E-state index in [1.54, 1.807) is 12.4 Å². The van der Waals surface area contributed by atoms with Crippen LogP contribution in [0, 0.1) is 0 Å². The van der Waals surface area contributed by atoms with Crippen molar-refractivity contribution in [2.75, 3.05) is 31.2 Å². The Balaban J connectivity index is 2.09. The molecular formula is C9H13BrN4. The number of nitrogens with zero attached hydrogens (tertiary/aromatic N) is 2. The predicted octanol–water partition coefficient (Wildman–Crippen LogP) is 1.15. The van der Waals surface area contributed by atoms with E-state index in [4.69, 9.17) is 5.73 Å². The minimum absolute atomic E-state index is 0.501. The summed E-state index contributed by atoms with van der Waals surface area (Å²) in [5.74, 6) is 0. The molecular weight excluding hydrogens is 244 g/mol. The molecule has 3 N–H and O–H groups in total. The summed E-state index contributed by atoms with van der Waals surface area (Å²) in [7, 11) is 2.10. The third kappa shape index (κ3) is 1.83. The van der Waals surface area contributed by atoms with Crippen LogP contribution in [0.2, 0.25) is 0 Å². The number of anilines is 2. The number of pyridine rings is 1. The topological polar surface area (TPSA) is 54.2 Å². The van der Waals surface area contributed by atoms with Gasteiger partial charge in [0.1, 0.15) is 0 Å². The van der Waals surface area contributed by atoms with Crippen LogP contribution in [0.3, 0.4) is 0 Å². The van der Waals surface area contributed by atoms with Gasteiger partial charge in [-0.3, -0.25) is 4.98 Å². The van der Waals surface area contributed by atoms with Gasteiger partial charge in [0, 0.05) is 19.3 Å². The van der Waals surface area contributed by atoms with Crippen molar-refractivity contribution in [3.05, 3.63) is 16.9 Å². The summed E-state index contributed by atoms with van der Waals surface area (Å²) in [5, 5.41) is 3.39. The Morgan fingerprint density at radius 2 is 2.29 bits per heavy atom. The lowest BCUT2D eigenvalue weighted by Crippen LogP contribution is -2.52. The third-order valence-corrected chi connectivity index (χ3v) is 2.94. The van der Waals surface area contributed by atoms with Crippen LogP contribution in [0.15, 0.2) is 16.9 Å². The molecule has 0 spiro atoms. The van der Waals surface area contributed by atoms with Crippen molar-refractivity contribution < 1.29 is 0 Å². The van der Waals surface area contributed by atoms with E-state index in [1.807, 2.05) is 0 Å². The molecule has 0 saturated carbocycles. The minimum atomic E-state index is 0.501. The van der Waals surface area contributed by atoms with Gasteiger partial charge in [0.05, 0.1) is 28.1 Å². The molecule has 0 bridgehead atoms. The van der Waals surface area contributed by atoms with Crippen LogP contribution < -0.4 is 11.1 Å². The third-order valence-electron chi connectivity index (χ3n) is 2.34. The standard InChI is InChI=1S/C9H13BrN4/c1-14-4-6(5-14)13-9-7(10)2-12-3-8(9)11/h2-3,6H,4-5,11H2,1H3,(H,12,13). The molecule has 1 saturated heterocycles. The molecule has 5 heteroatoms. The lowest BCUT2D eigenvalue weighted by atomic mass is 10.1. The van der Waals surface area contributed by atoms with E-state index in [9.17, 15) is 0 Å². The Hall–Kier alpha value is -0.810. The predicted molar refractivity (Wildman–Crippen MR) is 61.3 cm³/mol. The summed E-state index contributed by atoms with van der Waals surface area (Å²) in [5.41, 5.74) is 7.46. The quantitative estimate of drug-likeness (QED) is 0.834. The SMILES string of the molecule is CN1CC(Nc2c(N)cncc2Br)C1. The van der Waals surface area contributed by atoms with Crippen molar-refractivity contribution in [2.24, 2.45) is 0 Å². The van der Waals surface area contributed by atoms with E-state index in [-0.39, 0.29) is 0 Å². The molecule has 2 rings (SSSR count). The molecule has 76 valence electrons. The Morgan fingerprint density at radius 1 is 1.57 bits per heavy atom. The number of nitrogen functional groups attached to an aromatic ring is 1. The second kappa shape index (κ2) is 3.74. The van der Waals surface area contributed by atoms with Gasteiger partial charge in [-0.1, -0.05) is 0 Å². The van der Waals surface area contributed by atoms with Gasteiger partial charge in [0.25, 0.3) is 0 Å². The number of nitrogens with two attached hydrogens (primary N) is 1. The Labute approximate surface area is 91.6 Å². The van der Waals surface area contributed by atoms with Crippen molar-refractivity contribution in [3.63, 3.8) is 0 Å². The number of hydrogen-bond donors (Lipinski definition) is 2. The first kappa shape index (κ1) is 9.73. The molecule has 0 atom stereocenters. The van der Waals surface area contributed by atoms with Crippen molar-refractivity contribution in [3.8, 4) is 0 Å². The van der Waals surface area contributed by atoms with Gasteiger partial charge >= 0.3 is 0 Å². The zero-order valence-electron chi connectivity index (χ0n) is 8.00. The molecule has 0 aliphatic carbocycles. The van der Waals surface area contributed by atoms with Crippen LogP contribution in [0.4, 0.5) is 11.4 Å². The average molecular weight is 257 g/mol. The summed E-state index contributed by atoms with van der Waals surface area (Å²) in [6.07, 6.45) is 3.41. The van der Waals surface area contributed by atoms with E-state index < -0.39 is 0 Å². The largest absolute Gasteiger partial charge is 0.396 e. The summed E-state index contributed by atoms with van der Waals surface area (Å²) in [4.78, 5) is 6.24. The van der Waals surface area contributed by atoms with Crippen molar-refractivity contribution >= 4 is 27.3 Å². The van der Waals surface area contributed by atoms with Crippen LogP contribution in [0.25, 0.3) is 0 Å². The molecule has 2 heterocycles. The first-order chi connectivity index (χ1) is 6.66.